The molecule has 1 rings (SSSR count). The van der Waals surface area contributed by atoms with Crippen LogP contribution >= 0.6 is 0 Å². The van der Waals surface area contributed by atoms with Gasteiger partial charge in [0.15, 0.2) is 5.88 Å². The molecular formula is C10H10N2O7. The van der Waals surface area contributed by atoms with Gasteiger partial charge in [-0.2, -0.15) is 0 Å². The number of carboxylic acids is 2. The second-order valence-electron chi connectivity index (χ2n) is 3.58. The van der Waals surface area contributed by atoms with Gasteiger partial charge in [-0.1, -0.05) is 0 Å². The number of hydrogen-bond donors (Lipinski definition) is 5. The molecule has 0 bridgehead atoms. The number of carbonyl (C=O) groups is 3. The highest BCUT2D eigenvalue weighted by molar-refractivity contribution is 5.97. The number of carboxylic acid groups (broad SMARTS) is 2. The van der Waals surface area contributed by atoms with E-state index in [2.05, 4.69) is 0 Å². The Bertz CT molecular complexity index is 577. The molecule has 0 aromatic carbocycles. The zero-order chi connectivity index (χ0) is 14.6. The number of aromatic nitrogens is 1. The highest BCUT2D eigenvalue weighted by atomic mass is 16.4. The lowest BCUT2D eigenvalue weighted by atomic mass is 10.2. The molecule has 102 valence electrons. The maximum Gasteiger partial charge on any atom is 0.326 e. The Morgan fingerprint density at radius 1 is 1.26 bits per heavy atom. The van der Waals surface area contributed by atoms with Crippen LogP contribution in [0.5, 0.6) is 5.88 Å². The molecule has 0 radical (unpaired) electrons. The van der Waals surface area contributed by atoms with Crippen molar-refractivity contribution in [1.29, 1.82) is 0 Å². The normalized spacial score (nSPS) is 11.6. The molecule has 0 aliphatic heterocycles. The SMILES string of the molecule is O=C(O)C[C@@H](NC(=O)c1cc(O)[nH]c(=O)c1)C(=O)O. The van der Waals surface area contributed by atoms with Gasteiger partial charge in [0.05, 0.1) is 12.0 Å². The summed E-state index contributed by atoms with van der Waals surface area (Å²) in [5.74, 6) is -4.47. The van der Waals surface area contributed by atoms with Gasteiger partial charge in [0.2, 0.25) is 0 Å². The van der Waals surface area contributed by atoms with Crippen LogP contribution in [0, 0.1) is 0 Å². The maximum atomic E-state index is 11.6. The van der Waals surface area contributed by atoms with Crippen LogP contribution in [0.4, 0.5) is 0 Å². The fourth-order valence-corrected chi connectivity index (χ4v) is 1.28. The van der Waals surface area contributed by atoms with Gasteiger partial charge in [-0.15, -0.1) is 0 Å². The lowest BCUT2D eigenvalue weighted by molar-refractivity contribution is -0.145. The molecule has 0 aliphatic rings. The molecule has 1 atom stereocenters. The van der Waals surface area contributed by atoms with Crippen LogP contribution in [-0.4, -0.2) is 44.2 Å². The van der Waals surface area contributed by atoms with Crippen LogP contribution < -0.4 is 10.9 Å². The zero-order valence-electron chi connectivity index (χ0n) is 9.41. The van der Waals surface area contributed by atoms with E-state index in [1.165, 1.54) is 0 Å². The molecule has 5 N–H and O–H groups in total. The van der Waals surface area contributed by atoms with Crippen molar-refractivity contribution in [2.75, 3.05) is 0 Å². The number of pyridine rings is 1. The first-order valence-corrected chi connectivity index (χ1v) is 4.98. The number of aromatic hydroxyl groups is 1. The van der Waals surface area contributed by atoms with Gasteiger partial charge >= 0.3 is 11.9 Å². The predicted molar refractivity (Wildman–Crippen MR) is 59.9 cm³/mol. The molecule has 9 nitrogen and oxygen atoms in total. The molecule has 0 aliphatic carbocycles. The summed E-state index contributed by atoms with van der Waals surface area (Å²) < 4.78 is 0. The number of hydrogen-bond acceptors (Lipinski definition) is 5. The van der Waals surface area contributed by atoms with Crippen molar-refractivity contribution in [3.8, 4) is 5.88 Å². The Balaban J connectivity index is 2.90. The first kappa shape index (κ1) is 14.2. The predicted octanol–water partition coefficient (Wildman–Crippen LogP) is -1.26. The van der Waals surface area contributed by atoms with Gasteiger partial charge in [0.1, 0.15) is 6.04 Å². The minimum absolute atomic E-state index is 0.280. The van der Waals surface area contributed by atoms with E-state index in [9.17, 15) is 19.2 Å². The van der Waals surface area contributed by atoms with Crippen LogP contribution in [0.25, 0.3) is 0 Å². The van der Waals surface area contributed by atoms with Crippen molar-refractivity contribution in [3.63, 3.8) is 0 Å². The third-order valence-corrected chi connectivity index (χ3v) is 2.07. The molecule has 0 fully saturated rings. The lowest BCUT2D eigenvalue weighted by Gasteiger charge is -2.12. The Morgan fingerprint density at radius 3 is 2.37 bits per heavy atom. The van der Waals surface area contributed by atoms with Gasteiger partial charge in [-0.3, -0.25) is 19.4 Å². The molecule has 19 heavy (non-hydrogen) atoms. The molecular weight excluding hydrogens is 260 g/mol. The van der Waals surface area contributed by atoms with E-state index >= 15 is 0 Å². The number of carbonyl (C=O) groups excluding carboxylic acids is 1. The lowest BCUT2D eigenvalue weighted by Crippen LogP contribution is -2.42. The first-order valence-electron chi connectivity index (χ1n) is 4.98. The largest absolute Gasteiger partial charge is 0.494 e. The van der Waals surface area contributed by atoms with E-state index < -0.39 is 41.7 Å². The maximum absolute atomic E-state index is 11.6. The second-order valence-corrected chi connectivity index (χ2v) is 3.58. The minimum Gasteiger partial charge on any atom is -0.494 e. The van der Waals surface area contributed by atoms with Gasteiger partial charge in [0, 0.05) is 12.1 Å². The van der Waals surface area contributed by atoms with Crippen molar-refractivity contribution in [1.82, 2.24) is 10.3 Å². The van der Waals surface area contributed by atoms with Gasteiger partial charge in [-0.05, 0) is 0 Å². The number of aromatic amines is 1. The summed E-state index contributed by atoms with van der Waals surface area (Å²) in [6, 6.07) is 0.122. The van der Waals surface area contributed by atoms with Gasteiger partial charge < -0.3 is 20.6 Å². The third kappa shape index (κ3) is 4.15. The minimum atomic E-state index is -1.63. The standard InChI is InChI=1S/C10H10N2O7/c13-6-1-4(2-7(14)12-6)9(17)11-5(10(18)19)3-8(15)16/h1-2,5H,3H2,(H,11,17)(H,15,16)(H,18,19)(H2,12,13,14)/t5-/m1/s1. The number of H-pyrrole nitrogens is 1. The van der Waals surface area contributed by atoms with Crippen molar-refractivity contribution in [2.45, 2.75) is 12.5 Å². The topological polar surface area (TPSA) is 157 Å². The summed E-state index contributed by atoms with van der Waals surface area (Å²) in [7, 11) is 0. The zero-order valence-corrected chi connectivity index (χ0v) is 9.41. The molecule has 0 saturated heterocycles. The smallest absolute Gasteiger partial charge is 0.326 e. The van der Waals surface area contributed by atoms with Crippen molar-refractivity contribution >= 4 is 17.8 Å². The number of nitrogens with one attached hydrogen (secondary N) is 2. The number of aliphatic carboxylic acids is 2. The quantitative estimate of drug-likeness (QED) is 0.446. The molecule has 9 heteroatoms. The third-order valence-electron chi connectivity index (χ3n) is 2.07. The first-order chi connectivity index (χ1) is 8.79. The summed E-state index contributed by atoms with van der Waals surface area (Å²) in [5, 5.41) is 28.2. The fourth-order valence-electron chi connectivity index (χ4n) is 1.28. The monoisotopic (exact) mass is 270 g/mol. The van der Waals surface area contributed by atoms with Crippen LogP contribution in [0.2, 0.25) is 0 Å². The summed E-state index contributed by atoms with van der Waals surface area (Å²) in [5.41, 5.74) is -1.03. The van der Waals surface area contributed by atoms with Crippen LogP contribution in [0.1, 0.15) is 16.8 Å². The number of amides is 1. The Kier molecular flexibility index (Phi) is 4.24. The summed E-state index contributed by atoms with van der Waals surface area (Å²) in [6.07, 6.45) is -0.809. The number of rotatable bonds is 5. The van der Waals surface area contributed by atoms with Crippen LogP contribution in [-0.2, 0) is 9.59 Å². The van der Waals surface area contributed by atoms with E-state index in [4.69, 9.17) is 15.3 Å². The van der Waals surface area contributed by atoms with Crippen molar-refractivity contribution in [2.24, 2.45) is 0 Å². The molecule has 1 aromatic heterocycles. The molecule has 1 heterocycles. The van der Waals surface area contributed by atoms with Crippen LogP contribution in [0.15, 0.2) is 16.9 Å². The van der Waals surface area contributed by atoms with E-state index in [1.54, 1.807) is 0 Å². The van der Waals surface area contributed by atoms with Gasteiger partial charge in [0.25, 0.3) is 11.5 Å². The fraction of sp³-hybridized carbons (Fsp3) is 0.200. The van der Waals surface area contributed by atoms with Gasteiger partial charge in [-0.25, -0.2) is 4.79 Å². The molecule has 0 unspecified atom stereocenters. The Labute approximate surface area is 105 Å². The summed E-state index contributed by atoms with van der Waals surface area (Å²) >= 11 is 0. The molecule has 0 saturated carbocycles. The average Bonchev–Trinajstić information content (AvgIpc) is 2.25. The summed E-state index contributed by atoms with van der Waals surface area (Å²) in [4.78, 5) is 45.8. The van der Waals surface area contributed by atoms with Crippen LogP contribution in [0.3, 0.4) is 0 Å². The van der Waals surface area contributed by atoms with E-state index in [0.29, 0.717) is 0 Å². The van der Waals surface area contributed by atoms with E-state index in [1.807, 2.05) is 10.3 Å². The van der Waals surface area contributed by atoms with E-state index in [-0.39, 0.29) is 5.56 Å². The Hall–Kier alpha value is -2.84. The highest BCUT2D eigenvalue weighted by Gasteiger charge is 2.23. The molecule has 1 amide bonds. The second kappa shape index (κ2) is 5.67. The average molecular weight is 270 g/mol. The van der Waals surface area contributed by atoms with E-state index in [0.717, 1.165) is 12.1 Å². The van der Waals surface area contributed by atoms with Crippen molar-refractivity contribution < 1.29 is 29.7 Å². The summed E-state index contributed by atoms with van der Waals surface area (Å²) in [6.45, 7) is 0. The molecule has 0 spiro atoms. The van der Waals surface area contributed by atoms with Crippen molar-refractivity contribution in [3.05, 3.63) is 28.0 Å². The Morgan fingerprint density at radius 2 is 1.89 bits per heavy atom. The highest BCUT2D eigenvalue weighted by Crippen LogP contribution is 2.05. The molecule has 1 aromatic rings.